The maximum absolute atomic E-state index is 12.2. The van der Waals surface area contributed by atoms with Crippen molar-refractivity contribution in [3.05, 3.63) is 47.3 Å². The van der Waals surface area contributed by atoms with Crippen LogP contribution in [0.3, 0.4) is 0 Å². The Bertz CT molecular complexity index is 722. The topological polar surface area (TPSA) is 79.4 Å². The average Bonchev–Trinajstić information content (AvgIpc) is 2.62. The van der Waals surface area contributed by atoms with Gasteiger partial charge in [-0.3, -0.25) is 9.69 Å². The summed E-state index contributed by atoms with van der Waals surface area (Å²) in [5.41, 5.74) is 3.31. The SMILES string of the molecule is Cc1cc(C)nc(Nc2ccc(C(=O)NCCN3CCOCC3)cc2)n1. The fourth-order valence-electron chi connectivity index (χ4n) is 2.87. The number of carbonyl (C=O) groups excluding carboxylic acids is 1. The smallest absolute Gasteiger partial charge is 0.251 e. The minimum atomic E-state index is -0.0625. The normalized spacial score (nSPS) is 14.8. The zero-order valence-corrected chi connectivity index (χ0v) is 15.3. The molecule has 1 amide bonds. The van der Waals surface area contributed by atoms with Crippen LogP contribution in [-0.4, -0.2) is 60.2 Å². The van der Waals surface area contributed by atoms with E-state index in [0.717, 1.165) is 49.9 Å². The van der Waals surface area contributed by atoms with Gasteiger partial charge in [0.15, 0.2) is 0 Å². The van der Waals surface area contributed by atoms with Crippen LogP contribution in [0.4, 0.5) is 11.6 Å². The van der Waals surface area contributed by atoms with Gasteiger partial charge in [0.05, 0.1) is 13.2 Å². The van der Waals surface area contributed by atoms with E-state index in [4.69, 9.17) is 4.74 Å². The van der Waals surface area contributed by atoms with Crippen LogP contribution in [0.5, 0.6) is 0 Å². The second-order valence-corrected chi connectivity index (χ2v) is 6.39. The highest BCUT2D eigenvalue weighted by atomic mass is 16.5. The molecule has 1 aliphatic heterocycles. The van der Waals surface area contributed by atoms with Gasteiger partial charge in [0, 0.05) is 48.8 Å². The summed E-state index contributed by atoms with van der Waals surface area (Å²) in [4.78, 5) is 23.3. The largest absolute Gasteiger partial charge is 0.379 e. The Morgan fingerprint density at radius 3 is 2.42 bits per heavy atom. The number of morpholine rings is 1. The van der Waals surface area contributed by atoms with E-state index in [0.29, 0.717) is 18.1 Å². The highest BCUT2D eigenvalue weighted by molar-refractivity contribution is 5.94. The second-order valence-electron chi connectivity index (χ2n) is 6.39. The summed E-state index contributed by atoms with van der Waals surface area (Å²) in [5, 5.41) is 6.13. The van der Waals surface area contributed by atoms with Crippen LogP contribution in [0.2, 0.25) is 0 Å². The highest BCUT2D eigenvalue weighted by Crippen LogP contribution is 2.15. The summed E-state index contributed by atoms with van der Waals surface area (Å²) in [6, 6.07) is 9.25. The first-order valence-electron chi connectivity index (χ1n) is 8.88. The highest BCUT2D eigenvalue weighted by Gasteiger charge is 2.11. The van der Waals surface area contributed by atoms with E-state index in [2.05, 4.69) is 25.5 Å². The molecular weight excluding hydrogens is 330 g/mol. The summed E-state index contributed by atoms with van der Waals surface area (Å²) >= 11 is 0. The molecule has 0 aliphatic carbocycles. The number of aryl methyl sites for hydroxylation is 2. The molecule has 0 atom stereocenters. The molecule has 2 N–H and O–H groups in total. The Labute approximate surface area is 153 Å². The van der Waals surface area contributed by atoms with Gasteiger partial charge in [-0.05, 0) is 44.2 Å². The van der Waals surface area contributed by atoms with Gasteiger partial charge < -0.3 is 15.4 Å². The van der Waals surface area contributed by atoms with E-state index >= 15 is 0 Å². The van der Waals surface area contributed by atoms with Crippen molar-refractivity contribution in [3.63, 3.8) is 0 Å². The lowest BCUT2D eigenvalue weighted by Crippen LogP contribution is -2.41. The van der Waals surface area contributed by atoms with Gasteiger partial charge in [-0.25, -0.2) is 9.97 Å². The zero-order valence-electron chi connectivity index (χ0n) is 15.3. The molecule has 0 unspecified atom stereocenters. The minimum Gasteiger partial charge on any atom is -0.379 e. The molecule has 1 fully saturated rings. The van der Waals surface area contributed by atoms with E-state index < -0.39 is 0 Å². The van der Waals surface area contributed by atoms with Gasteiger partial charge in [-0.2, -0.15) is 0 Å². The second kappa shape index (κ2) is 8.73. The monoisotopic (exact) mass is 355 g/mol. The summed E-state index contributed by atoms with van der Waals surface area (Å²) in [5.74, 6) is 0.498. The van der Waals surface area contributed by atoms with Gasteiger partial charge in [0.25, 0.3) is 5.91 Å². The molecule has 1 saturated heterocycles. The van der Waals surface area contributed by atoms with Crippen molar-refractivity contribution in [1.29, 1.82) is 0 Å². The van der Waals surface area contributed by atoms with Crippen LogP contribution >= 0.6 is 0 Å². The molecule has 2 heterocycles. The van der Waals surface area contributed by atoms with E-state index in [-0.39, 0.29) is 5.91 Å². The van der Waals surface area contributed by atoms with Crippen LogP contribution in [0.15, 0.2) is 30.3 Å². The number of hydrogen-bond acceptors (Lipinski definition) is 6. The summed E-state index contributed by atoms with van der Waals surface area (Å²) < 4.78 is 5.32. The fourth-order valence-corrected chi connectivity index (χ4v) is 2.87. The number of benzene rings is 1. The predicted octanol–water partition coefficient (Wildman–Crippen LogP) is 1.90. The molecule has 1 aromatic carbocycles. The molecule has 3 rings (SSSR count). The van der Waals surface area contributed by atoms with E-state index in [1.54, 1.807) is 12.1 Å². The van der Waals surface area contributed by atoms with Crippen LogP contribution in [-0.2, 0) is 4.74 Å². The predicted molar refractivity (Wildman–Crippen MR) is 101 cm³/mol. The third-order valence-corrected chi connectivity index (χ3v) is 4.20. The van der Waals surface area contributed by atoms with Crippen LogP contribution in [0.25, 0.3) is 0 Å². The molecule has 7 nitrogen and oxygen atoms in total. The first kappa shape index (κ1) is 18.3. The molecule has 0 bridgehead atoms. The van der Waals surface area contributed by atoms with Gasteiger partial charge >= 0.3 is 0 Å². The van der Waals surface area contributed by atoms with E-state index in [1.807, 2.05) is 32.0 Å². The maximum Gasteiger partial charge on any atom is 0.251 e. The van der Waals surface area contributed by atoms with Crippen LogP contribution in [0.1, 0.15) is 21.7 Å². The van der Waals surface area contributed by atoms with Crippen molar-refractivity contribution in [1.82, 2.24) is 20.2 Å². The number of nitrogens with one attached hydrogen (secondary N) is 2. The number of amides is 1. The van der Waals surface area contributed by atoms with Gasteiger partial charge in [-0.15, -0.1) is 0 Å². The van der Waals surface area contributed by atoms with E-state index in [9.17, 15) is 4.79 Å². The molecule has 0 saturated carbocycles. The number of hydrogen-bond donors (Lipinski definition) is 2. The number of aromatic nitrogens is 2. The molecule has 26 heavy (non-hydrogen) atoms. The Hall–Kier alpha value is -2.51. The Morgan fingerprint density at radius 1 is 1.12 bits per heavy atom. The Kier molecular flexibility index (Phi) is 6.14. The molecule has 0 spiro atoms. The lowest BCUT2D eigenvalue weighted by Gasteiger charge is -2.26. The number of carbonyl (C=O) groups is 1. The first-order chi connectivity index (χ1) is 12.6. The lowest BCUT2D eigenvalue weighted by atomic mass is 10.2. The van der Waals surface area contributed by atoms with Crippen molar-refractivity contribution >= 4 is 17.5 Å². The van der Waals surface area contributed by atoms with Gasteiger partial charge in [0.2, 0.25) is 5.95 Å². The van der Waals surface area contributed by atoms with Crippen LogP contribution in [0, 0.1) is 13.8 Å². The van der Waals surface area contributed by atoms with Crippen molar-refractivity contribution in [2.24, 2.45) is 0 Å². The quantitative estimate of drug-likeness (QED) is 0.824. The third kappa shape index (κ3) is 5.24. The van der Waals surface area contributed by atoms with Crippen molar-refractivity contribution in [2.75, 3.05) is 44.7 Å². The lowest BCUT2D eigenvalue weighted by molar-refractivity contribution is 0.0383. The number of ether oxygens (including phenoxy) is 1. The standard InChI is InChI=1S/C19H25N5O2/c1-14-13-15(2)22-19(21-14)23-17-5-3-16(4-6-17)18(25)20-7-8-24-9-11-26-12-10-24/h3-6,13H,7-12H2,1-2H3,(H,20,25)(H,21,22,23). The molecule has 1 aliphatic rings. The van der Waals surface area contributed by atoms with Crippen molar-refractivity contribution < 1.29 is 9.53 Å². The summed E-state index contributed by atoms with van der Waals surface area (Å²) in [6.45, 7) is 8.75. The van der Waals surface area contributed by atoms with Gasteiger partial charge in [0.1, 0.15) is 0 Å². The number of nitrogens with zero attached hydrogens (tertiary/aromatic N) is 3. The Morgan fingerprint density at radius 2 is 1.77 bits per heavy atom. The first-order valence-corrected chi connectivity index (χ1v) is 8.88. The van der Waals surface area contributed by atoms with E-state index in [1.165, 1.54) is 0 Å². The number of anilines is 2. The molecule has 0 radical (unpaired) electrons. The molecule has 2 aromatic rings. The summed E-state index contributed by atoms with van der Waals surface area (Å²) in [6.07, 6.45) is 0. The van der Waals surface area contributed by atoms with Gasteiger partial charge in [-0.1, -0.05) is 0 Å². The Balaban J connectivity index is 1.50. The van der Waals surface area contributed by atoms with Crippen molar-refractivity contribution in [2.45, 2.75) is 13.8 Å². The molecule has 1 aromatic heterocycles. The molecular formula is C19H25N5O2. The summed E-state index contributed by atoms with van der Waals surface area (Å²) in [7, 11) is 0. The molecule has 7 heteroatoms. The zero-order chi connectivity index (χ0) is 18.4. The minimum absolute atomic E-state index is 0.0625. The van der Waals surface area contributed by atoms with Crippen LogP contribution < -0.4 is 10.6 Å². The van der Waals surface area contributed by atoms with Crippen molar-refractivity contribution in [3.8, 4) is 0 Å². The maximum atomic E-state index is 12.2. The molecule has 138 valence electrons. The third-order valence-electron chi connectivity index (χ3n) is 4.20. The average molecular weight is 355 g/mol. The number of rotatable bonds is 6. The fraction of sp³-hybridized carbons (Fsp3) is 0.421.